The molecule has 0 N–H and O–H groups in total. The Morgan fingerprint density at radius 1 is 1.03 bits per heavy atom. The highest BCUT2D eigenvalue weighted by molar-refractivity contribution is 5.69. The molecule has 8 atom stereocenters. The lowest BCUT2D eigenvalue weighted by Gasteiger charge is -2.58. The molecule has 0 heterocycles. The maximum absolute atomic E-state index is 12.2. The van der Waals surface area contributed by atoms with Crippen molar-refractivity contribution >= 4 is 5.97 Å². The van der Waals surface area contributed by atoms with E-state index >= 15 is 0 Å². The fourth-order valence-corrected chi connectivity index (χ4v) is 9.32. The average Bonchev–Trinajstić information content (AvgIpc) is 3.15. The number of hydrogen-bond acceptors (Lipinski definition) is 2. The van der Waals surface area contributed by atoms with E-state index in [2.05, 4.69) is 47.6 Å². The smallest absolute Gasteiger partial charge is 0.306 e. The van der Waals surface area contributed by atoms with E-state index in [0.717, 1.165) is 61.2 Å². The summed E-state index contributed by atoms with van der Waals surface area (Å²) in [5.41, 5.74) is 2.54. The number of fused-ring (bicyclic) bond motifs is 5. The Hall–Kier alpha value is -0.790. The van der Waals surface area contributed by atoms with Crippen molar-refractivity contribution < 1.29 is 9.53 Å². The first-order valence-corrected chi connectivity index (χ1v) is 15.1. The second kappa shape index (κ2) is 10.7. The van der Waals surface area contributed by atoms with E-state index < -0.39 is 0 Å². The Labute approximate surface area is 211 Å². The number of carbonyl (C=O) groups is 1. The number of carbonyl (C=O) groups excluding carboxylic acids is 1. The molecule has 0 aliphatic heterocycles. The molecule has 4 aliphatic carbocycles. The number of allylic oxidation sites excluding steroid dienone is 1. The van der Waals surface area contributed by atoms with Gasteiger partial charge < -0.3 is 4.74 Å². The van der Waals surface area contributed by atoms with Gasteiger partial charge in [0, 0.05) is 12.8 Å². The normalized spacial score (nSPS) is 40.2. The molecule has 194 valence electrons. The highest BCUT2D eigenvalue weighted by Gasteiger charge is 2.59. The van der Waals surface area contributed by atoms with Crippen LogP contribution < -0.4 is 0 Å². The molecule has 3 fully saturated rings. The first-order valence-electron chi connectivity index (χ1n) is 15.1. The molecular weight excluding hydrogens is 416 g/mol. The molecule has 0 aromatic carbocycles. The Kier molecular flexibility index (Phi) is 8.25. The molecule has 1 unspecified atom stereocenters. The number of esters is 1. The summed E-state index contributed by atoms with van der Waals surface area (Å²) in [7, 11) is 0. The highest BCUT2D eigenvalue weighted by atomic mass is 16.5. The van der Waals surface area contributed by atoms with Crippen LogP contribution in [-0.2, 0) is 9.53 Å². The topological polar surface area (TPSA) is 26.3 Å². The van der Waals surface area contributed by atoms with Crippen molar-refractivity contribution in [1.29, 1.82) is 0 Å². The number of ether oxygens (including phenoxy) is 1. The van der Waals surface area contributed by atoms with Crippen molar-refractivity contribution in [3.05, 3.63) is 11.6 Å². The monoisotopic (exact) mass is 470 g/mol. The lowest BCUT2D eigenvalue weighted by atomic mass is 9.47. The maximum atomic E-state index is 12.2. The maximum Gasteiger partial charge on any atom is 0.306 e. The van der Waals surface area contributed by atoms with E-state index in [1.807, 2.05) is 0 Å². The Morgan fingerprint density at radius 3 is 2.56 bits per heavy atom. The van der Waals surface area contributed by atoms with Crippen LogP contribution in [0.15, 0.2) is 11.6 Å². The summed E-state index contributed by atoms with van der Waals surface area (Å²) in [4.78, 5) is 12.2. The second-order valence-corrected chi connectivity index (χ2v) is 13.7. The second-order valence-electron chi connectivity index (χ2n) is 13.7. The van der Waals surface area contributed by atoms with Crippen LogP contribution in [0.2, 0.25) is 0 Å². The van der Waals surface area contributed by atoms with Crippen LogP contribution in [0.4, 0.5) is 0 Å². The SMILES string of the molecule is CCCCC(=O)OC1CC[C@@]2(C)C(=CC[C@H]3[C@@H]4CC[C@H]([C@H](C)CCCC(C)C)[C@@]4(C)CC[C@@H]32)C1. The highest BCUT2D eigenvalue weighted by Crippen LogP contribution is 2.67. The van der Waals surface area contributed by atoms with E-state index in [1.54, 1.807) is 5.57 Å². The largest absolute Gasteiger partial charge is 0.462 e. The van der Waals surface area contributed by atoms with E-state index in [1.165, 1.54) is 57.8 Å². The molecule has 0 aromatic heterocycles. The van der Waals surface area contributed by atoms with E-state index in [-0.39, 0.29) is 12.1 Å². The van der Waals surface area contributed by atoms with Crippen molar-refractivity contribution in [3.8, 4) is 0 Å². The standard InChI is InChI=1S/C32H54O2/c1-7-8-12-30(33)34-25-17-19-31(5)24(21-25)13-14-26-28-16-15-27(23(4)11-9-10-22(2)3)32(28,6)20-18-29(26)31/h13,22-23,25-29H,7-12,14-21H2,1-6H3/t23-,25?,26+,27-,28+,29+,31+,32-/m1/s1. The molecule has 0 bridgehead atoms. The van der Waals surface area contributed by atoms with Crippen LogP contribution in [0.25, 0.3) is 0 Å². The van der Waals surface area contributed by atoms with Gasteiger partial charge in [-0.15, -0.1) is 0 Å². The molecule has 0 spiro atoms. The van der Waals surface area contributed by atoms with Gasteiger partial charge in [0.05, 0.1) is 0 Å². The van der Waals surface area contributed by atoms with Gasteiger partial charge in [0.2, 0.25) is 0 Å². The number of hydrogen-bond donors (Lipinski definition) is 0. The van der Waals surface area contributed by atoms with Gasteiger partial charge in [-0.05, 0) is 97.7 Å². The first kappa shape index (κ1) is 26.3. The van der Waals surface area contributed by atoms with Crippen molar-refractivity contribution in [3.63, 3.8) is 0 Å². The molecular formula is C32H54O2. The van der Waals surface area contributed by atoms with E-state index in [9.17, 15) is 4.79 Å². The zero-order valence-corrected chi connectivity index (χ0v) is 23.3. The predicted octanol–water partition coefficient (Wildman–Crippen LogP) is 9.13. The zero-order valence-electron chi connectivity index (χ0n) is 23.3. The van der Waals surface area contributed by atoms with Gasteiger partial charge in [-0.1, -0.05) is 78.9 Å². The fourth-order valence-electron chi connectivity index (χ4n) is 9.32. The third-order valence-electron chi connectivity index (χ3n) is 11.3. The van der Waals surface area contributed by atoms with Crippen LogP contribution in [0.1, 0.15) is 131 Å². The Morgan fingerprint density at radius 2 is 1.82 bits per heavy atom. The van der Waals surface area contributed by atoms with Crippen LogP contribution in [0.5, 0.6) is 0 Å². The quantitative estimate of drug-likeness (QED) is 0.248. The zero-order chi connectivity index (χ0) is 24.5. The molecule has 0 amide bonds. The lowest BCUT2D eigenvalue weighted by molar-refractivity contribution is -0.151. The van der Waals surface area contributed by atoms with Gasteiger partial charge >= 0.3 is 5.97 Å². The van der Waals surface area contributed by atoms with Gasteiger partial charge in [-0.3, -0.25) is 4.79 Å². The van der Waals surface area contributed by atoms with Gasteiger partial charge in [-0.2, -0.15) is 0 Å². The Balaban J connectivity index is 1.41. The van der Waals surface area contributed by atoms with Crippen molar-refractivity contribution in [2.24, 2.45) is 46.3 Å². The number of unbranched alkanes of at least 4 members (excludes halogenated alkanes) is 1. The fraction of sp³-hybridized carbons (Fsp3) is 0.906. The number of rotatable bonds is 9. The predicted molar refractivity (Wildman–Crippen MR) is 142 cm³/mol. The van der Waals surface area contributed by atoms with Gasteiger partial charge in [0.15, 0.2) is 0 Å². The summed E-state index contributed by atoms with van der Waals surface area (Å²) >= 11 is 0. The molecule has 2 heteroatoms. The van der Waals surface area contributed by atoms with Gasteiger partial charge in [0.1, 0.15) is 6.10 Å². The molecule has 34 heavy (non-hydrogen) atoms. The van der Waals surface area contributed by atoms with Crippen molar-refractivity contribution in [1.82, 2.24) is 0 Å². The van der Waals surface area contributed by atoms with Crippen LogP contribution >= 0.6 is 0 Å². The molecule has 3 saturated carbocycles. The third-order valence-corrected chi connectivity index (χ3v) is 11.3. The molecule has 0 aromatic rings. The van der Waals surface area contributed by atoms with Crippen molar-refractivity contribution in [2.45, 2.75) is 138 Å². The molecule has 4 rings (SSSR count). The van der Waals surface area contributed by atoms with Crippen LogP contribution in [0.3, 0.4) is 0 Å². The van der Waals surface area contributed by atoms with E-state index in [0.29, 0.717) is 17.3 Å². The summed E-state index contributed by atoms with van der Waals surface area (Å²) in [6, 6.07) is 0. The third kappa shape index (κ3) is 5.04. The summed E-state index contributed by atoms with van der Waals surface area (Å²) in [5, 5.41) is 0. The molecule has 2 nitrogen and oxygen atoms in total. The van der Waals surface area contributed by atoms with Crippen LogP contribution in [-0.4, -0.2) is 12.1 Å². The molecule has 4 aliphatic rings. The van der Waals surface area contributed by atoms with Gasteiger partial charge in [0.25, 0.3) is 0 Å². The summed E-state index contributed by atoms with van der Waals surface area (Å²) in [6.07, 6.45) is 19.9. The van der Waals surface area contributed by atoms with Crippen molar-refractivity contribution in [2.75, 3.05) is 0 Å². The summed E-state index contributed by atoms with van der Waals surface area (Å²) in [5.74, 6) is 5.32. The molecule has 0 radical (unpaired) electrons. The Bertz CT molecular complexity index is 737. The first-order chi connectivity index (χ1) is 16.2. The minimum atomic E-state index is 0.0256. The lowest BCUT2D eigenvalue weighted by Crippen LogP contribution is -2.51. The minimum Gasteiger partial charge on any atom is -0.462 e. The molecule has 0 saturated heterocycles. The van der Waals surface area contributed by atoms with E-state index in [4.69, 9.17) is 4.74 Å². The summed E-state index contributed by atoms with van der Waals surface area (Å²) in [6.45, 7) is 14.7. The van der Waals surface area contributed by atoms with Gasteiger partial charge in [-0.25, -0.2) is 0 Å². The van der Waals surface area contributed by atoms with Crippen LogP contribution in [0, 0.1) is 46.3 Å². The average molecular weight is 471 g/mol. The summed E-state index contributed by atoms with van der Waals surface area (Å²) < 4.78 is 5.92. The minimum absolute atomic E-state index is 0.0256.